The molecule has 3 N–H and O–H groups in total. The van der Waals surface area contributed by atoms with Gasteiger partial charge in [-0.05, 0) is 25.0 Å². The van der Waals surface area contributed by atoms with Gasteiger partial charge in [0.1, 0.15) is 6.10 Å². The molecule has 15 heavy (non-hydrogen) atoms. The SMILES string of the molecule is Cc1ccc(C)c2c1C(=O)NC(O)C2O. The Labute approximate surface area is 87.6 Å². The van der Waals surface area contributed by atoms with Gasteiger partial charge >= 0.3 is 0 Å². The number of nitrogens with one attached hydrogen (secondary N) is 1. The number of rotatable bonds is 0. The molecule has 1 aromatic rings. The number of aryl methyl sites for hydroxylation is 2. The monoisotopic (exact) mass is 207 g/mol. The first-order valence-corrected chi connectivity index (χ1v) is 4.79. The van der Waals surface area contributed by atoms with E-state index in [0.717, 1.165) is 11.1 Å². The zero-order chi connectivity index (χ0) is 11.2. The number of hydrogen-bond donors (Lipinski definition) is 3. The Morgan fingerprint density at radius 1 is 1.20 bits per heavy atom. The van der Waals surface area contributed by atoms with Crippen molar-refractivity contribution < 1.29 is 15.0 Å². The third-order valence-corrected chi connectivity index (χ3v) is 2.77. The highest BCUT2D eigenvalue weighted by Crippen LogP contribution is 2.30. The molecule has 1 amide bonds. The Kier molecular flexibility index (Phi) is 2.25. The maximum Gasteiger partial charge on any atom is 0.254 e. The molecule has 0 fully saturated rings. The average molecular weight is 207 g/mol. The number of hydrogen-bond acceptors (Lipinski definition) is 3. The number of carbonyl (C=O) groups is 1. The molecule has 80 valence electrons. The van der Waals surface area contributed by atoms with Crippen LogP contribution in [0, 0.1) is 13.8 Å². The topological polar surface area (TPSA) is 69.6 Å². The first-order chi connectivity index (χ1) is 7.02. The molecule has 4 nitrogen and oxygen atoms in total. The van der Waals surface area contributed by atoms with E-state index in [2.05, 4.69) is 5.32 Å². The summed E-state index contributed by atoms with van der Waals surface area (Å²) >= 11 is 0. The van der Waals surface area contributed by atoms with Gasteiger partial charge in [-0.25, -0.2) is 0 Å². The van der Waals surface area contributed by atoms with E-state index in [0.29, 0.717) is 11.1 Å². The zero-order valence-electron chi connectivity index (χ0n) is 8.61. The summed E-state index contributed by atoms with van der Waals surface area (Å²) < 4.78 is 0. The summed E-state index contributed by atoms with van der Waals surface area (Å²) in [7, 11) is 0. The molecule has 0 aromatic heterocycles. The standard InChI is InChI=1S/C11H13NO3/c1-5-3-4-6(2)8-7(5)9(13)11(15)12-10(8)14/h3-4,9,11,13,15H,1-2H3,(H,12,14). The molecule has 2 atom stereocenters. The van der Waals surface area contributed by atoms with E-state index in [1.807, 2.05) is 26.0 Å². The lowest BCUT2D eigenvalue weighted by Crippen LogP contribution is -2.45. The van der Waals surface area contributed by atoms with Gasteiger partial charge in [0.15, 0.2) is 6.23 Å². The molecule has 2 unspecified atom stereocenters. The Bertz CT molecular complexity index is 428. The molecular weight excluding hydrogens is 194 g/mol. The summed E-state index contributed by atoms with van der Waals surface area (Å²) in [4.78, 5) is 11.6. The summed E-state index contributed by atoms with van der Waals surface area (Å²) in [6.07, 6.45) is -2.26. The molecular formula is C11H13NO3. The fraction of sp³-hybridized carbons (Fsp3) is 0.364. The highest BCUT2D eigenvalue weighted by molar-refractivity contribution is 5.98. The molecule has 1 aliphatic rings. The molecule has 1 heterocycles. The van der Waals surface area contributed by atoms with Crippen molar-refractivity contribution in [1.29, 1.82) is 0 Å². The van der Waals surface area contributed by atoms with Gasteiger partial charge in [0.25, 0.3) is 5.91 Å². The van der Waals surface area contributed by atoms with Gasteiger partial charge in [-0.2, -0.15) is 0 Å². The van der Waals surface area contributed by atoms with Gasteiger partial charge in [0.05, 0.1) is 0 Å². The molecule has 1 aliphatic heterocycles. The van der Waals surface area contributed by atoms with Crippen molar-refractivity contribution >= 4 is 5.91 Å². The molecule has 0 saturated heterocycles. The highest BCUT2D eigenvalue weighted by atomic mass is 16.3. The second kappa shape index (κ2) is 3.32. The van der Waals surface area contributed by atoms with Crippen LogP contribution in [0.4, 0.5) is 0 Å². The van der Waals surface area contributed by atoms with Crippen LogP contribution in [0.2, 0.25) is 0 Å². The number of aliphatic hydroxyl groups is 2. The van der Waals surface area contributed by atoms with E-state index in [1.165, 1.54) is 0 Å². The van der Waals surface area contributed by atoms with Crippen LogP contribution in [0.25, 0.3) is 0 Å². The van der Waals surface area contributed by atoms with Crippen LogP contribution in [-0.2, 0) is 0 Å². The van der Waals surface area contributed by atoms with Crippen LogP contribution in [0.1, 0.15) is 33.2 Å². The third-order valence-electron chi connectivity index (χ3n) is 2.77. The second-order valence-electron chi connectivity index (χ2n) is 3.85. The summed E-state index contributed by atoms with van der Waals surface area (Å²) in [5.74, 6) is -0.330. The lowest BCUT2D eigenvalue weighted by atomic mass is 9.89. The first-order valence-electron chi connectivity index (χ1n) is 4.79. The summed E-state index contributed by atoms with van der Waals surface area (Å²) in [6, 6.07) is 3.67. The van der Waals surface area contributed by atoms with Gasteiger partial charge in [0, 0.05) is 11.1 Å². The van der Waals surface area contributed by atoms with Gasteiger partial charge in [0.2, 0.25) is 0 Å². The average Bonchev–Trinajstić information content (AvgIpc) is 2.18. The van der Waals surface area contributed by atoms with Crippen molar-refractivity contribution in [2.24, 2.45) is 0 Å². The zero-order valence-corrected chi connectivity index (χ0v) is 8.61. The molecule has 0 radical (unpaired) electrons. The maximum absolute atomic E-state index is 11.6. The smallest absolute Gasteiger partial charge is 0.254 e. The summed E-state index contributed by atoms with van der Waals surface area (Å²) in [5, 5.41) is 21.5. The first kappa shape index (κ1) is 10.1. The Morgan fingerprint density at radius 2 is 1.80 bits per heavy atom. The van der Waals surface area contributed by atoms with Crippen LogP contribution >= 0.6 is 0 Å². The summed E-state index contributed by atoms with van der Waals surface area (Å²) in [5.41, 5.74) is 2.63. The van der Waals surface area contributed by atoms with Gasteiger partial charge < -0.3 is 15.5 Å². The summed E-state index contributed by atoms with van der Waals surface area (Å²) in [6.45, 7) is 3.62. The number of benzene rings is 1. The Balaban J connectivity index is 2.70. The van der Waals surface area contributed by atoms with Crippen molar-refractivity contribution in [1.82, 2.24) is 5.32 Å². The Morgan fingerprint density at radius 3 is 2.47 bits per heavy atom. The highest BCUT2D eigenvalue weighted by Gasteiger charge is 2.33. The number of carbonyl (C=O) groups excluding carboxylic acids is 1. The van der Waals surface area contributed by atoms with E-state index in [4.69, 9.17) is 0 Å². The van der Waals surface area contributed by atoms with Crippen LogP contribution in [-0.4, -0.2) is 22.3 Å². The van der Waals surface area contributed by atoms with Crippen LogP contribution < -0.4 is 5.32 Å². The van der Waals surface area contributed by atoms with Gasteiger partial charge in [-0.15, -0.1) is 0 Å². The van der Waals surface area contributed by atoms with Gasteiger partial charge in [-0.1, -0.05) is 12.1 Å². The minimum atomic E-state index is -1.22. The second-order valence-corrected chi connectivity index (χ2v) is 3.85. The molecule has 1 aromatic carbocycles. The van der Waals surface area contributed by atoms with Crippen LogP contribution in [0.5, 0.6) is 0 Å². The van der Waals surface area contributed by atoms with Crippen molar-refractivity contribution in [3.8, 4) is 0 Å². The fourth-order valence-corrected chi connectivity index (χ4v) is 1.96. The Hall–Kier alpha value is -1.39. The maximum atomic E-state index is 11.6. The lowest BCUT2D eigenvalue weighted by molar-refractivity contribution is -0.00755. The van der Waals surface area contributed by atoms with E-state index in [-0.39, 0.29) is 5.91 Å². The number of amides is 1. The van der Waals surface area contributed by atoms with Crippen molar-refractivity contribution in [3.05, 3.63) is 34.4 Å². The van der Waals surface area contributed by atoms with E-state index >= 15 is 0 Å². The normalized spacial score (nSPS) is 24.7. The minimum Gasteiger partial charge on any atom is -0.384 e. The van der Waals surface area contributed by atoms with Crippen molar-refractivity contribution in [2.45, 2.75) is 26.2 Å². The largest absolute Gasteiger partial charge is 0.384 e. The molecule has 0 saturated carbocycles. The number of aliphatic hydroxyl groups excluding tert-OH is 2. The lowest BCUT2D eigenvalue weighted by Gasteiger charge is -2.29. The predicted octanol–water partition coefficient (Wildman–Crippen LogP) is 0.399. The van der Waals surface area contributed by atoms with Crippen LogP contribution in [0.15, 0.2) is 12.1 Å². The molecule has 2 rings (SSSR count). The molecule has 0 spiro atoms. The van der Waals surface area contributed by atoms with Gasteiger partial charge in [-0.3, -0.25) is 4.79 Å². The van der Waals surface area contributed by atoms with Crippen molar-refractivity contribution in [3.63, 3.8) is 0 Å². The predicted molar refractivity (Wildman–Crippen MR) is 54.3 cm³/mol. The van der Waals surface area contributed by atoms with E-state index in [1.54, 1.807) is 0 Å². The molecule has 0 bridgehead atoms. The third kappa shape index (κ3) is 1.42. The van der Waals surface area contributed by atoms with Crippen molar-refractivity contribution in [2.75, 3.05) is 0 Å². The van der Waals surface area contributed by atoms with E-state index in [9.17, 15) is 15.0 Å². The quantitative estimate of drug-likeness (QED) is 0.576. The fourth-order valence-electron chi connectivity index (χ4n) is 1.96. The van der Waals surface area contributed by atoms with Crippen LogP contribution in [0.3, 0.4) is 0 Å². The minimum absolute atomic E-state index is 0.330. The number of fused-ring (bicyclic) bond motifs is 1. The van der Waals surface area contributed by atoms with E-state index < -0.39 is 12.3 Å². The molecule has 0 aliphatic carbocycles. The molecule has 4 heteroatoms.